The number of halogens is 1. The zero-order valence-electron chi connectivity index (χ0n) is 16.6. The topological polar surface area (TPSA) is 54.0 Å². The van der Waals surface area contributed by atoms with E-state index in [1.807, 2.05) is 29.6 Å². The summed E-state index contributed by atoms with van der Waals surface area (Å²) >= 11 is 1.41. The fourth-order valence-corrected chi connectivity index (χ4v) is 3.74. The maximum Gasteiger partial charge on any atom is 0.224 e. The van der Waals surface area contributed by atoms with E-state index in [0.29, 0.717) is 17.2 Å². The first-order valence-corrected chi connectivity index (χ1v) is 10.9. The van der Waals surface area contributed by atoms with Crippen LogP contribution >= 0.6 is 11.3 Å². The molecule has 0 atom stereocenters. The lowest BCUT2D eigenvalue weighted by atomic mass is 10.1. The summed E-state index contributed by atoms with van der Waals surface area (Å²) in [5.74, 6) is -0.275. The molecular formula is C23H26FN3OS. The Hall–Kier alpha value is -2.73. The molecule has 0 aliphatic rings. The van der Waals surface area contributed by atoms with Gasteiger partial charge in [0.25, 0.3) is 0 Å². The molecule has 0 aliphatic carbocycles. The van der Waals surface area contributed by atoms with E-state index in [1.54, 1.807) is 18.2 Å². The lowest BCUT2D eigenvalue weighted by Crippen LogP contribution is -2.11. The summed E-state index contributed by atoms with van der Waals surface area (Å²) in [6.07, 6.45) is 6.17. The van der Waals surface area contributed by atoms with Crippen LogP contribution in [-0.2, 0) is 4.79 Å². The van der Waals surface area contributed by atoms with Gasteiger partial charge in [0.2, 0.25) is 5.91 Å². The molecule has 152 valence electrons. The number of unbranched alkanes of at least 4 members (excludes halogenated alkanes) is 4. The van der Waals surface area contributed by atoms with E-state index >= 15 is 0 Å². The van der Waals surface area contributed by atoms with E-state index in [9.17, 15) is 9.18 Å². The van der Waals surface area contributed by atoms with Crippen molar-refractivity contribution in [3.8, 4) is 11.3 Å². The van der Waals surface area contributed by atoms with Gasteiger partial charge in [0.05, 0.1) is 11.4 Å². The predicted octanol–water partition coefficient (Wildman–Crippen LogP) is 6.99. The predicted molar refractivity (Wildman–Crippen MR) is 119 cm³/mol. The number of nitrogens with zero attached hydrogens (tertiary/aromatic N) is 1. The van der Waals surface area contributed by atoms with E-state index < -0.39 is 0 Å². The van der Waals surface area contributed by atoms with Crippen molar-refractivity contribution in [2.75, 3.05) is 10.6 Å². The van der Waals surface area contributed by atoms with Crippen LogP contribution in [0.5, 0.6) is 0 Å². The van der Waals surface area contributed by atoms with E-state index in [1.165, 1.54) is 36.7 Å². The van der Waals surface area contributed by atoms with Crippen LogP contribution in [0.3, 0.4) is 0 Å². The van der Waals surface area contributed by atoms with Crippen LogP contribution in [0, 0.1) is 5.82 Å². The molecule has 0 saturated heterocycles. The fraction of sp³-hybridized carbons (Fsp3) is 0.304. The van der Waals surface area contributed by atoms with Crippen molar-refractivity contribution in [1.82, 2.24) is 4.98 Å². The highest BCUT2D eigenvalue weighted by Crippen LogP contribution is 2.29. The molecule has 0 fully saturated rings. The average molecular weight is 412 g/mol. The van der Waals surface area contributed by atoms with Gasteiger partial charge in [0.1, 0.15) is 5.82 Å². The highest BCUT2D eigenvalue weighted by Gasteiger charge is 2.09. The highest BCUT2D eigenvalue weighted by atomic mass is 32.1. The van der Waals surface area contributed by atoms with Crippen LogP contribution in [0.25, 0.3) is 11.3 Å². The minimum absolute atomic E-state index is 0.0406. The van der Waals surface area contributed by atoms with Crippen molar-refractivity contribution in [2.24, 2.45) is 0 Å². The first-order chi connectivity index (χ1) is 14.2. The second-order valence-corrected chi connectivity index (χ2v) is 7.79. The van der Waals surface area contributed by atoms with E-state index in [-0.39, 0.29) is 11.7 Å². The average Bonchev–Trinajstić information content (AvgIpc) is 3.18. The Morgan fingerprint density at radius 3 is 2.72 bits per heavy atom. The Kier molecular flexibility index (Phi) is 7.76. The molecule has 0 saturated carbocycles. The summed E-state index contributed by atoms with van der Waals surface area (Å²) < 4.78 is 13.8. The number of thiazole rings is 1. The zero-order valence-corrected chi connectivity index (χ0v) is 17.4. The second-order valence-electron chi connectivity index (χ2n) is 6.94. The molecule has 0 spiro atoms. The monoisotopic (exact) mass is 411 g/mol. The van der Waals surface area contributed by atoms with Gasteiger partial charge in [-0.1, -0.05) is 56.9 Å². The molecule has 29 heavy (non-hydrogen) atoms. The third-order valence-electron chi connectivity index (χ3n) is 4.57. The Balaban J connectivity index is 1.59. The zero-order chi connectivity index (χ0) is 20.5. The Morgan fingerprint density at radius 1 is 1.07 bits per heavy atom. The number of hydrogen-bond donors (Lipinski definition) is 2. The van der Waals surface area contributed by atoms with Crippen molar-refractivity contribution in [3.63, 3.8) is 0 Å². The first-order valence-electron chi connectivity index (χ1n) is 10.0. The second kappa shape index (κ2) is 10.7. The maximum atomic E-state index is 13.8. The first kappa shape index (κ1) is 21.0. The Bertz CT molecular complexity index is 941. The molecule has 0 aliphatic heterocycles. The van der Waals surface area contributed by atoms with Crippen molar-refractivity contribution in [3.05, 3.63) is 59.7 Å². The van der Waals surface area contributed by atoms with Crippen LogP contribution < -0.4 is 10.6 Å². The minimum Gasteiger partial charge on any atom is -0.329 e. The number of para-hydroxylation sites is 1. The lowest BCUT2D eigenvalue weighted by Gasteiger charge is -2.07. The molecule has 2 aromatic carbocycles. The summed E-state index contributed by atoms with van der Waals surface area (Å²) in [4.78, 5) is 16.7. The minimum atomic E-state index is -0.316. The third kappa shape index (κ3) is 6.39. The fourth-order valence-electron chi connectivity index (χ4n) is 3.01. The number of nitrogens with one attached hydrogen (secondary N) is 2. The van der Waals surface area contributed by atoms with Crippen molar-refractivity contribution < 1.29 is 9.18 Å². The number of anilines is 3. The Labute approximate surface area is 175 Å². The number of aromatic nitrogens is 1. The number of amides is 1. The summed E-state index contributed by atoms with van der Waals surface area (Å²) in [7, 11) is 0. The van der Waals surface area contributed by atoms with Gasteiger partial charge in [-0.05, 0) is 30.7 Å². The van der Waals surface area contributed by atoms with Crippen LogP contribution in [0.1, 0.15) is 45.4 Å². The van der Waals surface area contributed by atoms with Crippen LogP contribution in [0.2, 0.25) is 0 Å². The van der Waals surface area contributed by atoms with Gasteiger partial charge >= 0.3 is 0 Å². The largest absolute Gasteiger partial charge is 0.329 e. The number of rotatable bonds is 10. The van der Waals surface area contributed by atoms with Crippen molar-refractivity contribution in [1.29, 1.82) is 0 Å². The molecule has 0 radical (unpaired) electrons. The normalized spacial score (nSPS) is 10.7. The van der Waals surface area contributed by atoms with E-state index in [2.05, 4.69) is 22.5 Å². The summed E-state index contributed by atoms with van der Waals surface area (Å²) in [6, 6.07) is 14.1. The third-order valence-corrected chi connectivity index (χ3v) is 5.33. The highest BCUT2D eigenvalue weighted by molar-refractivity contribution is 7.14. The molecule has 0 unspecified atom stereocenters. The van der Waals surface area contributed by atoms with Gasteiger partial charge in [-0.15, -0.1) is 11.3 Å². The molecule has 0 bridgehead atoms. The summed E-state index contributed by atoms with van der Waals surface area (Å²) in [6.45, 7) is 2.18. The number of carbonyl (C=O) groups excluding carboxylic acids is 1. The maximum absolute atomic E-state index is 13.8. The van der Waals surface area contributed by atoms with Gasteiger partial charge in [0, 0.05) is 23.1 Å². The molecule has 1 heterocycles. The van der Waals surface area contributed by atoms with Gasteiger partial charge in [0.15, 0.2) is 5.13 Å². The number of benzene rings is 2. The standard InChI is InChI=1S/C23H26FN3OS/c1-2-3-4-5-6-14-22(28)25-18-11-9-10-17(15-18)21-16-29-23(27-21)26-20-13-8-7-12-19(20)24/h7-13,15-16H,2-6,14H2,1H3,(H,25,28)(H,26,27). The summed E-state index contributed by atoms with van der Waals surface area (Å²) in [5.41, 5.74) is 2.85. The van der Waals surface area contributed by atoms with E-state index in [4.69, 9.17) is 0 Å². The number of hydrogen-bond acceptors (Lipinski definition) is 4. The van der Waals surface area contributed by atoms with Crippen LogP contribution in [0.15, 0.2) is 53.9 Å². The van der Waals surface area contributed by atoms with Crippen molar-refractivity contribution in [2.45, 2.75) is 45.4 Å². The quantitative estimate of drug-likeness (QED) is 0.353. The smallest absolute Gasteiger partial charge is 0.224 e. The molecule has 3 rings (SSSR count). The van der Waals surface area contributed by atoms with Crippen LogP contribution in [0.4, 0.5) is 20.9 Å². The Morgan fingerprint density at radius 2 is 1.90 bits per heavy atom. The van der Waals surface area contributed by atoms with Crippen molar-refractivity contribution >= 4 is 33.8 Å². The number of carbonyl (C=O) groups is 1. The van der Waals surface area contributed by atoms with Gasteiger partial charge in [-0.25, -0.2) is 9.37 Å². The molecule has 1 aromatic heterocycles. The van der Waals surface area contributed by atoms with Gasteiger partial charge in [-0.3, -0.25) is 4.79 Å². The summed E-state index contributed by atoms with van der Waals surface area (Å²) in [5, 5.41) is 8.51. The van der Waals surface area contributed by atoms with Crippen LogP contribution in [-0.4, -0.2) is 10.9 Å². The molecule has 2 N–H and O–H groups in total. The van der Waals surface area contributed by atoms with E-state index in [0.717, 1.165) is 29.8 Å². The SMILES string of the molecule is CCCCCCCC(=O)Nc1cccc(-c2csc(Nc3ccccc3F)n2)c1. The molecule has 4 nitrogen and oxygen atoms in total. The molecule has 6 heteroatoms. The van der Waals surface area contributed by atoms with Gasteiger partial charge in [-0.2, -0.15) is 0 Å². The van der Waals surface area contributed by atoms with Gasteiger partial charge < -0.3 is 10.6 Å². The molecular weight excluding hydrogens is 385 g/mol. The lowest BCUT2D eigenvalue weighted by molar-refractivity contribution is -0.116. The molecule has 3 aromatic rings. The molecule has 1 amide bonds.